The first kappa shape index (κ1) is 11.9. The summed E-state index contributed by atoms with van der Waals surface area (Å²) < 4.78 is 49.7. The molecule has 4 N–H and O–H groups in total. The third kappa shape index (κ3) is 2.66. The molecule has 0 heterocycles. The van der Waals surface area contributed by atoms with Crippen LogP contribution in [-0.2, 0) is 6.18 Å². The Morgan fingerprint density at radius 2 is 1.87 bits per heavy atom. The lowest BCUT2D eigenvalue weighted by atomic mass is 10.0. The summed E-state index contributed by atoms with van der Waals surface area (Å²) in [5.41, 5.74) is 9.50. The van der Waals surface area contributed by atoms with Gasteiger partial charge in [0, 0.05) is 12.6 Å². The van der Waals surface area contributed by atoms with Crippen molar-refractivity contribution in [3.8, 4) is 0 Å². The van der Waals surface area contributed by atoms with Crippen LogP contribution in [0.4, 0.5) is 17.6 Å². The van der Waals surface area contributed by atoms with Gasteiger partial charge in [-0.3, -0.25) is 0 Å². The molecule has 1 rings (SSSR count). The topological polar surface area (TPSA) is 52.0 Å². The zero-order chi connectivity index (χ0) is 11.6. The highest BCUT2D eigenvalue weighted by atomic mass is 19.4. The molecule has 1 unspecified atom stereocenters. The molecule has 0 aromatic heterocycles. The predicted molar refractivity (Wildman–Crippen MR) is 47.4 cm³/mol. The van der Waals surface area contributed by atoms with Crippen LogP contribution in [-0.4, -0.2) is 6.54 Å². The molecule has 0 bridgehead atoms. The van der Waals surface area contributed by atoms with E-state index >= 15 is 0 Å². The van der Waals surface area contributed by atoms with E-state index in [0.717, 1.165) is 6.07 Å². The van der Waals surface area contributed by atoms with Gasteiger partial charge in [-0.1, -0.05) is 6.07 Å². The third-order valence-electron chi connectivity index (χ3n) is 1.98. The van der Waals surface area contributed by atoms with Crippen molar-refractivity contribution in [3.05, 3.63) is 35.1 Å². The van der Waals surface area contributed by atoms with E-state index in [1.807, 2.05) is 0 Å². The van der Waals surface area contributed by atoms with E-state index in [9.17, 15) is 17.6 Å². The maximum absolute atomic E-state index is 12.8. The fourth-order valence-corrected chi connectivity index (χ4v) is 1.13. The molecule has 0 saturated carbocycles. The van der Waals surface area contributed by atoms with Gasteiger partial charge in [-0.15, -0.1) is 0 Å². The van der Waals surface area contributed by atoms with Crippen molar-refractivity contribution in [1.82, 2.24) is 0 Å². The van der Waals surface area contributed by atoms with Crippen LogP contribution in [0.2, 0.25) is 0 Å². The Hall–Kier alpha value is -1.14. The number of hydrogen-bond acceptors (Lipinski definition) is 2. The lowest BCUT2D eigenvalue weighted by molar-refractivity contribution is -0.140. The summed E-state index contributed by atoms with van der Waals surface area (Å²) in [4.78, 5) is 0. The van der Waals surface area contributed by atoms with Gasteiger partial charge in [0.15, 0.2) is 0 Å². The monoisotopic (exact) mass is 222 g/mol. The van der Waals surface area contributed by atoms with E-state index in [1.54, 1.807) is 0 Å². The number of alkyl halides is 3. The molecule has 0 aliphatic rings. The minimum Gasteiger partial charge on any atom is -0.329 e. The van der Waals surface area contributed by atoms with Gasteiger partial charge in [0.25, 0.3) is 0 Å². The van der Waals surface area contributed by atoms with Crippen LogP contribution < -0.4 is 11.5 Å². The first-order valence-corrected chi connectivity index (χ1v) is 4.18. The Balaban J connectivity index is 3.17. The quantitative estimate of drug-likeness (QED) is 0.749. The van der Waals surface area contributed by atoms with Crippen molar-refractivity contribution in [1.29, 1.82) is 0 Å². The molecule has 0 saturated heterocycles. The fourth-order valence-electron chi connectivity index (χ4n) is 1.13. The number of nitrogens with two attached hydrogens (primary N) is 2. The van der Waals surface area contributed by atoms with Crippen molar-refractivity contribution >= 4 is 0 Å². The number of benzene rings is 1. The molecule has 0 aliphatic heterocycles. The molecule has 0 spiro atoms. The zero-order valence-corrected chi connectivity index (χ0v) is 7.68. The molecule has 1 aromatic carbocycles. The van der Waals surface area contributed by atoms with Crippen LogP contribution in [0.1, 0.15) is 17.2 Å². The Morgan fingerprint density at radius 1 is 1.27 bits per heavy atom. The van der Waals surface area contributed by atoms with Crippen LogP contribution in [0.3, 0.4) is 0 Å². The van der Waals surface area contributed by atoms with E-state index in [4.69, 9.17) is 11.5 Å². The maximum Gasteiger partial charge on any atom is 0.419 e. The summed E-state index contributed by atoms with van der Waals surface area (Å²) in [5.74, 6) is -1.31. The normalized spacial score (nSPS) is 14.0. The average molecular weight is 222 g/mol. The van der Waals surface area contributed by atoms with Crippen LogP contribution in [0.15, 0.2) is 18.2 Å². The number of rotatable bonds is 2. The molecule has 15 heavy (non-hydrogen) atoms. The summed E-state index contributed by atoms with van der Waals surface area (Å²) in [5, 5.41) is 0. The molecule has 0 amide bonds. The molecule has 0 fully saturated rings. The maximum atomic E-state index is 12.8. The van der Waals surface area contributed by atoms with E-state index < -0.39 is 23.6 Å². The molecule has 2 nitrogen and oxygen atoms in total. The minimum atomic E-state index is -4.71. The highest BCUT2D eigenvalue weighted by Gasteiger charge is 2.34. The van der Waals surface area contributed by atoms with E-state index in [-0.39, 0.29) is 12.1 Å². The number of hydrogen-bond donors (Lipinski definition) is 2. The second-order valence-electron chi connectivity index (χ2n) is 3.08. The van der Waals surface area contributed by atoms with E-state index in [0.29, 0.717) is 6.07 Å². The van der Waals surface area contributed by atoms with Crippen LogP contribution in [0.5, 0.6) is 0 Å². The summed E-state index contributed by atoms with van der Waals surface area (Å²) in [7, 11) is 0. The fraction of sp³-hybridized carbons (Fsp3) is 0.333. The second-order valence-corrected chi connectivity index (χ2v) is 3.08. The van der Waals surface area contributed by atoms with Crippen molar-refractivity contribution in [2.45, 2.75) is 12.2 Å². The Labute approximate surface area is 83.9 Å². The van der Waals surface area contributed by atoms with Gasteiger partial charge in [0.1, 0.15) is 5.82 Å². The molecule has 1 aromatic rings. The molecule has 84 valence electrons. The highest BCUT2D eigenvalue weighted by molar-refractivity contribution is 5.29. The SMILES string of the molecule is NCC(N)c1ccc(F)c(C(F)(F)F)c1. The largest absolute Gasteiger partial charge is 0.419 e. The van der Waals surface area contributed by atoms with E-state index in [2.05, 4.69) is 0 Å². The van der Waals surface area contributed by atoms with Crippen LogP contribution >= 0.6 is 0 Å². The molecule has 0 radical (unpaired) electrons. The van der Waals surface area contributed by atoms with Gasteiger partial charge in [-0.2, -0.15) is 13.2 Å². The van der Waals surface area contributed by atoms with Crippen LogP contribution in [0.25, 0.3) is 0 Å². The highest BCUT2D eigenvalue weighted by Crippen LogP contribution is 2.32. The van der Waals surface area contributed by atoms with Gasteiger partial charge >= 0.3 is 6.18 Å². The first-order chi connectivity index (χ1) is 6.86. The van der Waals surface area contributed by atoms with Gasteiger partial charge < -0.3 is 11.5 Å². The summed E-state index contributed by atoms with van der Waals surface area (Å²) >= 11 is 0. The molecule has 1 atom stereocenters. The van der Waals surface area contributed by atoms with Crippen molar-refractivity contribution in [3.63, 3.8) is 0 Å². The second kappa shape index (κ2) is 4.16. The average Bonchev–Trinajstić information content (AvgIpc) is 2.15. The predicted octanol–water partition coefficient (Wildman–Crippen LogP) is 1.80. The minimum absolute atomic E-state index is 0.00291. The van der Waals surface area contributed by atoms with Gasteiger partial charge in [0.2, 0.25) is 0 Å². The first-order valence-electron chi connectivity index (χ1n) is 4.18. The van der Waals surface area contributed by atoms with Crippen molar-refractivity contribution in [2.24, 2.45) is 11.5 Å². The molecular weight excluding hydrogens is 212 g/mol. The zero-order valence-electron chi connectivity index (χ0n) is 7.68. The van der Waals surface area contributed by atoms with E-state index in [1.165, 1.54) is 6.07 Å². The standard InChI is InChI=1S/C9H10F4N2/c10-7-2-1-5(8(15)4-14)3-6(7)9(11,12)13/h1-3,8H,4,14-15H2. The Kier molecular flexibility index (Phi) is 3.31. The summed E-state index contributed by atoms with van der Waals surface area (Å²) in [6.45, 7) is 0.00291. The van der Waals surface area contributed by atoms with Gasteiger partial charge in [-0.25, -0.2) is 4.39 Å². The van der Waals surface area contributed by atoms with Gasteiger partial charge in [0.05, 0.1) is 5.56 Å². The Morgan fingerprint density at radius 3 is 2.33 bits per heavy atom. The smallest absolute Gasteiger partial charge is 0.329 e. The third-order valence-corrected chi connectivity index (χ3v) is 1.98. The Bertz CT molecular complexity index is 348. The lowest BCUT2D eigenvalue weighted by Gasteiger charge is -2.13. The van der Waals surface area contributed by atoms with Crippen molar-refractivity contribution < 1.29 is 17.6 Å². The summed E-state index contributed by atoms with van der Waals surface area (Å²) in [6, 6.07) is 1.91. The van der Waals surface area contributed by atoms with Crippen molar-refractivity contribution in [2.75, 3.05) is 6.54 Å². The lowest BCUT2D eigenvalue weighted by Crippen LogP contribution is -2.21. The van der Waals surface area contributed by atoms with Crippen LogP contribution in [0, 0.1) is 5.82 Å². The molecule has 6 heteroatoms. The molecular formula is C9H10F4N2. The summed E-state index contributed by atoms with van der Waals surface area (Å²) in [6.07, 6.45) is -4.71. The van der Waals surface area contributed by atoms with Gasteiger partial charge in [-0.05, 0) is 17.7 Å². The number of halogens is 4. The molecule has 0 aliphatic carbocycles.